The molecule has 1 aliphatic carbocycles. The number of methoxy groups -OCH3 is 1. The van der Waals surface area contributed by atoms with Crippen LogP contribution in [0.1, 0.15) is 32.1 Å². The average molecular weight is 251 g/mol. The number of unbranched alkanes of at least 4 members (excludes halogenated alkanes) is 1. The van der Waals surface area contributed by atoms with Gasteiger partial charge in [-0.15, -0.1) is 0 Å². The smallest absolute Gasteiger partial charge is 0.211 e. The number of hydrogen-bond acceptors (Lipinski definition) is 4. The highest BCUT2D eigenvalue weighted by molar-refractivity contribution is 7.89. The first kappa shape index (κ1) is 13.9. The lowest BCUT2D eigenvalue weighted by Gasteiger charge is -2.19. The molecule has 0 aromatic rings. The molecule has 0 aliphatic heterocycles. The van der Waals surface area contributed by atoms with E-state index in [-0.39, 0.29) is 24.5 Å². The van der Waals surface area contributed by atoms with Gasteiger partial charge in [0.2, 0.25) is 10.0 Å². The van der Waals surface area contributed by atoms with Crippen LogP contribution in [0.4, 0.5) is 0 Å². The highest BCUT2D eigenvalue weighted by atomic mass is 32.2. The van der Waals surface area contributed by atoms with Crippen molar-refractivity contribution < 1.29 is 18.3 Å². The molecule has 0 amide bonds. The summed E-state index contributed by atoms with van der Waals surface area (Å²) in [6, 6.07) is -0.0795. The Balaban J connectivity index is 2.39. The van der Waals surface area contributed by atoms with Gasteiger partial charge in [-0.1, -0.05) is 0 Å². The summed E-state index contributed by atoms with van der Waals surface area (Å²) < 4.78 is 31.3. The molecule has 5 nitrogen and oxygen atoms in total. The van der Waals surface area contributed by atoms with E-state index in [1.54, 1.807) is 7.11 Å². The maximum absolute atomic E-state index is 11.7. The van der Waals surface area contributed by atoms with Gasteiger partial charge in [0.05, 0.1) is 11.9 Å². The zero-order valence-corrected chi connectivity index (χ0v) is 10.5. The van der Waals surface area contributed by atoms with Gasteiger partial charge in [0, 0.05) is 19.8 Å². The zero-order valence-electron chi connectivity index (χ0n) is 9.68. The van der Waals surface area contributed by atoms with E-state index in [1.165, 1.54) is 0 Å². The van der Waals surface area contributed by atoms with Gasteiger partial charge in [-0.25, -0.2) is 13.1 Å². The van der Waals surface area contributed by atoms with Crippen molar-refractivity contribution >= 4 is 10.0 Å². The Bertz CT molecular complexity index is 291. The standard InChI is InChI=1S/C10H21NO4S/c1-15-10-6-4-5-9(10)11-16(13,14)8-3-2-7-12/h9-12H,2-8H2,1H3. The van der Waals surface area contributed by atoms with Crippen molar-refractivity contribution in [3.8, 4) is 0 Å². The molecule has 0 radical (unpaired) electrons. The number of sulfonamides is 1. The molecule has 96 valence electrons. The second-order valence-electron chi connectivity index (χ2n) is 4.18. The normalized spacial score (nSPS) is 26.1. The van der Waals surface area contributed by atoms with Crippen LogP contribution in [0.5, 0.6) is 0 Å². The number of ether oxygens (including phenoxy) is 1. The van der Waals surface area contributed by atoms with Crippen LogP contribution in [0.2, 0.25) is 0 Å². The maximum Gasteiger partial charge on any atom is 0.211 e. The summed E-state index contributed by atoms with van der Waals surface area (Å²) in [6.07, 6.45) is 3.79. The SMILES string of the molecule is COC1CCCC1NS(=O)(=O)CCCCO. The molecule has 1 fully saturated rings. The summed E-state index contributed by atoms with van der Waals surface area (Å²) in [5.74, 6) is 0.0838. The van der Waals surface area contributed by atoms with E-state index in [0.717, 1.165) is 19.3 Å². The summed E-state index contributed by atoms with van der Waals surface area (Å²) in [4.78, 5) is 0. The predicted molar refractivity (Wildman–Crippen MR) is 61.7 cm³/mol. The van der Waals surface area contributed by atoms with Gasteiger partial charge < -0.3 is 9.84 Å². The third-order valence-corrected chi connectivity index (χ3v) is 4.40. The van der Waals surface area contributed by atoms with Crippen molar-refractivity contribution in [2.24, 2.45) is 0 Å². The number of rotatable bonds is 7. The highest BCUT2D eigenvalue weighted by Crippen LogP contribution is 2.22. The molecular weight excluding hydrogens is 230 g/mol. The molecule has 1 rings (SSSR count). The van der Waals surface area contributed by atoms with Crippen molar-refractivity contribution in [2.45, 2.75) is 44.2 Å². The molecule has 0 aromatic heterocycles. The van der Waals surface area contributed by atoms with E-state index < -0.39 is 10.0 Å². The Kier molecular flexibility index (Phi) is 5.68. The van der Waals surface area contributed by atoms with E-state index in [4.69, 9.17) is 9.84 Å². The van der Waals surface area contributed by atoms with Crippen LogP contribution in [-0.2, 0) is 14.8 Å². The summed E-state index contributed by atoms with van der Waals surface area (Å²) in [7, 11) is -1.61. The monoisotopic (exact) mass is 251 g/mol. The van der Waals surface area contributed by atoms with Crippen LogP contribution in [0, 0.1) is 0 Å². The number of aliphatic hydroxyl groups excluding tert-OH is 1. The Labute approximate surface area is 97.2 Å². The van der Waals surface area contributed by atoms with Gasteiger partial charge in [0.15, 0.2) is 0 Å². The number of aliphatic hydroxyl groups is 1. The van der Waals surface area contributed by atoms with Gasteiger partial charge in [-0.05, 0) is 32.1 Å². The van der Waals surface area contributed by atoms with Gasteiger partial charge in [-0.2, -0.15) is 0 Å². The molecule has 1 aliphatic rings. The lowest BCUT2D eigenvalue weighted by atomic mass is 10.2. The number of hydrogen-bond donors (Lipinski definition) is 2. The maximum atomic E-state index is 11.7. The Morgan fingerprint density at radius 3 is 2.75 bits per heavy atom. The van der Waals surface area contributed by atoms with Gasteiger partial charge in [0.25, 0.3) is 0 Å². The van der Waals surface area contributed by atoms with Crippen molar-refractivity contribution in [1.82, 2.24) is 4.72 Å². The zero-order chi connectivity index (χ0) is 12.0. The molecule has 1 saturated carbocycles. The molecule has 2 N–H and O–H groups in total. The van der Waals surface area contributed by atoms with Gasteiger partial charge >= 0.3 is 0 Å². The van der Waals surface area contributed by atoms with Gasteiger partial charge in [-0.3, -0.25) is 0 Å². The van der Waals surface area contributed by atoms with Gasteiger partial charge in [0.1, 0.15) is 0 Å². The van der Waals surface area contributed by atoms with Crippen molar-refractivity contribution in [1.29, 1.82) is 0 Å². The minimum atomic E-state index is -3.22. The van der Waals surface area contributed by atoms with E-state index in [2.05, 4.69) is 4.72 Å². The molecular formula is C10H21NO4S. The molecule has 6 heteroatoms. The Morgan fingerprint density at radius 1 is 1.38 bits per heavy atom. The molecule has 16 heavy (non-hydrogen) atoms. The highest BCUT2D eigenvalue weighted by Gasteiger charge is 2.30. The first-order chi connectivity index (χ1) is 7.59. The van der Waals surface area contributed by atoms with E-state index >= 15 is 0 Å². The molecule has 0 spiro atoms. The topological polar surface area (TPSA) is 75.6 Å². The predicted octanol–water partition coefficient (Wildman–Crippen LogP) is 0.246. The first-order valence-electron chi connectivity index (χ1n) is 5.72. The second-order valence-corrected chi connectivity index (χ2v) is 6.05. The summed E-state index contributed by atoms with van der Waals surface area (Å²) in [6.45, 7) is 0.0413. The molecule has 0 aromatic carbocycles. The van der Waals surface area contributed by atoms with Crippen LogP contribution in [0.25, 0.3) is 0 Å². The summed E-state index contributed by atoms with van der Waals surface area (Å²) in [5, 5.41) is 8.59. The molecule has 2 unspecified atom stereocenters. The van der Waals surface area contributed by atoms with Crippen LogP contribution in [-0.4, -0.2) is 45.1 Å². The first-order valence-corrected chi connectivity index (χ1v) is 7.38. The van der Waals surface area contributed by atoms with Crippen molar-refractivity contribution in [2.75, 3.05) is 19.5 Å². The van der Waals surface area contributed by atoms with E-state index in [9.17, 15) is 8.42 Å². The fourth-order valence-electron chi connectivity index (χ4n) is 2.04. The lowest BCUT2D eigenvalue weighted by molar-refractivity contribution is 0.0916. The van der Waals surface area contributed by atoms with Crippen molar-refractivity contribution in [3.63, 3.8) is 0 Å². The Hall–Kier alpha value is -0.170. The fraction of sp³-hybridized carbons (Fsp3) is 1.00. The summed E-state index contributed by atoms with van der Waals surface area (Å²) >= 11 is 0. The summed E-state index contributed by atoms with van der Waals surface area (Å²) in [5.41, 5.74) is 0. The molecule has 0 saturated heterocycles. The largest absolute Gasteiger partial charge is 0.396 e. The second kappa shape index (κ2) is 6.54. The van der Waals surface area contributed by atoms with Crippen molar-refractivity contribution in [3.05, 3.63) is 0 Å². The van der Waals surface area contributed by atoms with E-state index in [0.29, 0.717) is 12.8 Å². The number of nitrogens with one attached hydrogen (secondary N) is 1. The van der Waals surface area contributed by atoms with E-state index in [1.807, 2.05) is 0 Å². The third kappa shape index (κ3) is 4.37. The third-order valence-electron chi connectivity index (χ3n) is 2.91. The quantitative estimate of drug-likeness (QED) is 0.636. The molecule has 2 atom stereocenters. The van der Waals surface area contributed by atoms with Crippen LogP contribution in [0.15, 0.2) is 0 Å². The fourth-order valence-corrected chi connectivity index (χ4v) is 3.47. The minimum Gasteiger partial charge on any atom is -0.396 e. The molecule has 0 bridgehead atoms. The minimum absolute atomic E-state index is 0.00705. The Morgan fingerprint density at radius 2 is 2.12 bits per heavy atom. The van der Waals surface area contributed by atoms with Crippen LogP contribution >= 0.6 is 0 Å². The molecule has 0 heterocycles. The lowest BCUT2D eigenvalue weighted by Crippen LogP contribution is -2.41. The average Bonchev–Trinajstić information content (AvgIpc) is 2.64. The van der Waals surface area contributed by atoms with Crippen LogP contribution < -0.4 is 4.72 Å². The van der Waals surface area contributed by atoms with Crippen LogP contribution in [0.3, 0.4) is 0 Å².